The summed E-state index contributed by atoms with van der Waals surface area (Å²) in [6, 6.07) is 15.1. The predicted octanol–water partition coefficient (Wildman–Crippen LogP) is 3.57. The highest BCUT2D eigenvalue weighted by molar-refractivity contribution is 6.10. The molecule has 0 N–H and O–H groups in total. The molecule has 3 aromatic rings. The summed E-state index contributed by atoms with van der Waals surface area (Å²) in [6.45, 7) is 0.0643. The number of anilines is 1. The summed E-state index contributed by atoms with van der Waals surface area (Å²) in [5.41, 5.74) is 1.94. The maximum Gasteiger partial charge on any atom is 0.409 e. The minimum Gasteiger partial charge on any atom is -0.453 e. The first-order valence-corrected chi connectivity index (χ1v) is 9.75. The van der Waals surface area contributed by atoms with E-state index in [1.807, 2.05) is 48.5 Å². The maximum absolute atomic E-state index is 14.0. The minimum atomic E-state index is -0.780. The zero-order valence-corrected chi connectivity index (χ0v) is 16.5. The van der Waals surface area contributed by atoms with Crippen molar-refractivity contribution in [2.24, 2.45) is 0 Å². The molecule has 0 radical (unpaired) electrons. The molecule has 0 atom stereocenters. The third-order valence-electron chi connectivity index (χ3n) is 6.15. The number of hydrogen-bond acceptors (Lipinski definition) is 4. The van der Waals surface area contributed by atoms with Crippen LogP contribution in [0.4, 0.5) is 14.9 Å². The maximum atomic E-state index is 14.0. The second-order valence-corrected chi connectivity index (χ2v) is 7.72. The van der Waals surface area contributed by atoms with Gasteiger partial charge < -0.3 is 14.5 Å². The summed E-state index contributed by atoms with van der Waals surface area (Å²) in [5.74, 6) is -0.0939. The largest absolute Gasteiger partial charge is 0.453 e. The van der Waals surface area contributed by atoms with Crippen LogP contribution >= 0.6 is 0 Å². The molecule has 2 aliphatic rings. The number of amides is 2. The molecule has 2 amide bonds. The van der Waals surface area contributed by atoms with E-state index in [0.29, 0.717) is 11.3 Å². The van der Waals surface area contributed by atoms with Crippen LogP contribution in [0, 0.1) is 0 Å². The van der Waals surface area contributed by atoms with Gasteiger partial charge in [0, 0.05) is 35.9 Å². The molecule has 3 heterocycles. The van der Waals surface area contributed by atoms with Crippen LogP contribution in [0.5, 0.6) is 0 Å². The van der Waals surface area contributed by atoms with Crippen molar-refractivity contribution < 1.29 is 18.7 Å². The van der Waals surface area contributed by atoms with Crippen LogP contribution < -0.4 is 4.90 Å². The SMILES string of the molecule is COC(=O)N1CC2(C1)C(=O)N(Cc1ncc3ccccc3c1CF)c1ccccc12. The molecule has 0 aliphatic carbocycles. The molecule has 2 aliphatic heterocycles. The van der Waals surface area contributed by atoms with Gasteiger partial charge in [-0.3, -0.25) is 9.78 Å². The van der Waals surface area contributed by atoms with Gasteiger partial charge in [0.1, 0.15) is 12.1 Å². The molecular formula is C23H20FN3O3. The Balaban J connectivity index is 1.53. The zero-order chi connectivity index (χ0) is 20.9. The van der Waals surface area contributed by atoms with Crippen LogP contribution in [0.15, 0.2) is 54.7 Å². The van der Waals surface area contributed by atoms with Gasteiger partial charge in [0.15, 0.2) is 0 Å². The van der Waals surface area contributed by atoms with Gasteiger partial charge in [0.2, 0.25) is 5.91 Å². The van der Waals surface area contributed by atoms with Crippen LogP contribution in [0.3, 0.4) is 0 Å². The number of carbonyl (C=O) groups excluding carboxylic acids is 2. The number of halogens is 1. The number of pyridine rings is 1. The van der Waals surface area contributed by atoms with Crippen molar-refractivity contribution in [3.05, 3.63) is 71.5 Å². The van der Waals surface area contributed by atoms with Crippen molar-refractivity contribution in [2.45, 2.75) is 18.6 Å². The molecule has 7 heteroatoms. The van der Waals surface area contributed by atoms with E-state index in [1.54, 1.807) is 11.1 Å². The van der Waals surface area contributed by atoms with Crippen LogP contribution in [0.25, 0.3) is 10.8 Å². The molecule has 0 bridgehead atoms. The molecule has 0 unspecified atom stereocenters. The number of para-hydroxylation sites is 1. The highest BCUT2D eigenvalue weighted by Gasteiger charge is 2.59. The van der Waals surface area contributed by atoms with E-state index in [9.17, 15) is 14.0 Å². The van der Waals surface area contributed by atoms with Gasteiger partial charge in [-0.1, -0.05) is 42.5 Å². The summed E-state index contributed by atoms with van der Waals surface area (Å²) in [5, 5.41) is 1.67. The van der Waals surface area contributed by atoms with Crippen molar-refractivity contribution in [3.8, 4) is 0 Å². The fraction of sp³-hybridized carbons (Fsp3) is 0.261. The Morgan fingerprint density at radius 2 is 1.90 bits per heavy atom. The Morgan fingerprint density at radius 1 is 1.17 bits per heavy atom. The Kier molecular flexibility index (Phi) is 4.20. The average Bonchev–Trinajstić information content (AvgIpc) is 3.00. The first-order valence-electron chi connectivity index (χ1n) is 9.75. The number of likely N-dealkylation sites (tertiary alicyclic amines) is 1. The number of fused-ring (bicyclic) bond motifs is 3. The molecule has 2 aromatic carbocycles. The van der Waals surface area contributed by atoms with Gasteiger partial charge in [-0.2, -0.15) is 0 Å². The van der Waals surface area contributed by atoms with Gasteiger partial charge in [-0.25, -0.2) is 9.18 Å². The standard InChI is InChI=1S/C23H20FN3O3/c1-30-22(29)26-13-23(14-26)18-8-4-5-9-20(18)27(21(23)28)12-19-17(10-24)16-7-3-2-6-15(16)11-25-19/h2-9,11H,10,12-14H2,1H3. The van der Waals surface area contributed by atoms with Crippen molar-refractivity contribution in [2.75, 3.05) is 25.1 Å². The van der Waals surface area contributed by atoms with Gasteiger partial charge in [-0.15, -0.1) is 0 Å². The molecule has 0 saturated carbocycles. The van der Waals surface area contributed by atoms with Crippen molar-refractivity contribution in [1.82, 2.24) is 9.88 Å². The third kappa shape index (κ3) is 2.51. The average molecular weight is 405 g/mol. The zero-order valence-electron chi connectivity index (χ0n) is 16.5. The van der Waals surface area contributed by atoms with Crippen molar-refractivity contribution >= 4 is 28.5 Å². The fourth-order valence-electron chi connectivity index (χ4n) is 4.62. The van der Waals surface area contributed by atoms with Crippen molar-refractivity contribution in [3.63, 3.8) is 0 Å². The Bertz CT molecular complexity index is 1170. The number of benzene rings is 2. The summed E-state index contributed by atoms with van der Waals surface area (Å²) >= 11 is 0. The molecule has 1 spiro atoms. The van der Waals surface area contributed by atoms with E-state index in [4.69, 9.17) is 4.74 Å². The van der Waals surface area contributed by atoms with Gasteiger partial charge >= 0.3 is 6.09 Å². The lowest BCUT2D eigenvalue weighted by atomic mass is 9.75. The van der Waals surface area contributed by atoms with E-state index >= 15 is 0 Å². The molecule has 1 aromatic heterocycles. The second kappa shape index (κ2) is 6.79. The third-order valence-corrected chi connectivity index (χ3v) is 6.15. The van der Waals surface area contributed by atoms with Crippen LogP contribution in [0.2, 0.25) is 0 Å². The van der Waals surface area contributed by atoms with Crippen LogP contribution in [-0.4, -0.2) is 42.1 Å². The van der Waals surface area contributed by atoms with Gasteiger partial charge in [0.05, 0.1) is 19.3 Å². The van der Waals surface area contributed by atoms with Crippen molar-refractivity contribution in [1.29, 1.82) is 0 Å². The highest BCUT2D eigenvalue weighted by Crippen LogP contribution is 2.48. The molecule has 1 saturated heterocycles. The number of aromatic nitrogens is 1. The first kappa shape index (κ1) is 18.5. The lowest BCUT2D eigenvalue weighted by Gasteiger charge is -2.45. The van der Waals surface area contributed by atoms with E-state index < -0.39 is 18.2 Å². The Morgan fingerprint density at radius 3 is 2.67 bits per heavy atom. The number of carbonyl (C=O) groups is 2. The summed E-state index contributed by atoms with van der Waals surface area (Å²) in [4.78, 5) is 33.0. The molecule has 152 valence electrons. The fourth-order valence-corrected chi connectivity index (χ4v) is 4.62. The molecular weight excluding hydrogens is 385 g/mol. The van der Waals surface area contributed by atoms with Gasteiger partial charge in [0.25, 0.3) is 0 Å². The molecule has 1 fully saturated rings. The predicted molar refractivity (Wildman–Crippen MR) is 110 cm³/mol. The first-order chi connectivity index (χ1) is 14.6. The summed E-state index contributed by atoms with van der Waals surface area (Å²) in [7, 11) is 1.33. The van der Waals surface area contributed by atoms with Gasteiger partial charge in [-0.05, 0) is 17.0 Å². The number of rotatable bonds is 3. The normalized spacial score (nSPS) is 16.7. The monoisotopic (exact) mass is 405 g/mol. The lowest BCUT2D eigenvalue weighted by Crippen LogP contribution is -2.65. The number of hydrogen-bond donors (Lipinski definition) is 0. The van der Waals surface area contributed by atoms with E-state index in [2.05, 4.69) is 4.98 Å². The highest BCUT2D eigenvalue weighted by atomic mass is 19.1. The van der Waals surface area contributed by atoms with Crippen LogP contribution in [-0.2, 0) is 28.2 Å². The molecule has 5 rings (SSSR count). The summed E-state index contributed by atoms with van der Waals surface area (Å²) < 4.78 is 18.8. The Labute approximate surface area is 172 Å². The number of nitrogens with zero attached hydrogens (tertiary/aromatic N) is 3. The number of ether oxygens (including phenoxy) is 1. The second-order valence-electron chi connectivity index (χ2n) is 7.72. The minimum absolute atomic E-state index is 0.0939. The van der Waals surface area contributed by atoms with Crippen LogP contribution in [0.1, 0.15) is 16.8 Å². The topological polar surface area (TPSA) is 62.7 Å². The molecule has 6 nitrogen and oxygen atoms in total. The summed E-state index contributed by atoms with van der Waals surface area (Å²) in [6.07, 6.45) is 1.27. The van der Waals surface area contributed by atoms with E-state index in [1.165, 1.54) is 12.0 Å². The quantitative estimate of drug-likeness (QED) is 0.668. The lowest BCUT2D eigenvalue weighted by molar-refractivity contribution is -0.128. The Hall–Kier alpha value is -3.48. The number of methoxy groups -OCH3 is 1. The number of alkyl halides is 1. The smallest absolute Gasteiger partial charge is 0.409 e. The van der Waals surface area contributed by atoms with E-state index in [0.717, 1.165) is 22.0 Å². The van der Waals surface area contributed by atoms with E-state index in [-0.39, 0.29) is 25.5 Å². The molecule has 30 heavy (non-hydrogen) atoms.